The molecule has 4 nitrogen and oxygen atoms in total. The SMILES string of the molecule is O=c1c2c([nH]n1-c1ccccc1Cl)CNCC2. The number of para-hydroxylation sites is 1. The number of halogens is 1. The number of rotatable bonds is 1. The Balaban J connectivity index is 2.20. The van der Waals surface area contributed by atoms with E-state index in [-0.39, 0.29) is 5.56 Å². The Bertz CT molecular complexity index is 614. The number of nitrogens with zero attached hydrogens (tertiary/aromatic N) is 1. The van der Waals surface area contributed by atoms with E-state index in [4.69, 9.17) is 11.6 Å². The first-order chi connectivity index (χ1) is 8.27. The minimum absolute atomic E-state index is 0.00889. The molecule has 1 aliphatic heterocycles. The molecule has 1 aromatic carbocycles. The van der Waals surface area contributed by atoms with Gasteiger partial charge in [-0.15, -0.1) is 0 Å². The molecule has 0 amide bonds. The van der Waals surface area contributed by atoms with Gasteiger partial charge in [0.2, 0.25) is 0 Å². The molecular formula is C12H12ClN3O. The molecule has 17 heavy (non-hydrogen) atoms. The summed E-state index contributed by atoms with van der Waals surface area (Å²) in [7, 11) is 0. The highest BCUT2D eigenvalue weighted by molar-refractivity contribution is 6.32. The van der Waals surface area contributed by atoms with Gasteiger partial charge in [-0.25, -0.2) is 4.68 Å². The molecule has 88 valence electrons. The minimum atomic E-state index is 0.00889. The number of hydrogen-bond donors (Lipinski definition) is 2. The normalized spacial score (nSPS) is 14.6. The lowest BCUT2D eigenvalue weighted by Gasteiger charge is -2.09. The Kier molecular flexibility index (Phi) is 2.53. The molecule has 3 rings (SSSR count). The summed E-state index contributed by atoms with van der Waals surface area (Å²) in [4.78, 5) is 12.2. The van der Waals surface area contributed by atoms with Crippen LogP contribution in [0.3, 0.4) is 0 Å². The van der Waals surface area contributed by atoms with Crippen LogP contribution in [0, 0.1) is 0 Å². The van der Waals surface area contributed by atoms with E-state index in [9.17, 15) is 4.79 Å². The van der Waals surface area contributed by atoms with Gasteiger partial charge < -0.3 is 5.32 Å². The summed E-state index contributed by atoms with van der Waals surface area (Å²) < 4.78 is 1.53. The van der Waals surface area contributed by atoms with E-state index in [2.05, 4.69) is 10.4 Å². The van der Waals surface area contributed by atoms with Gasteiger partial charge in [-0.1, -0.05) is 23.7 Å². The summed E-state index contributed by atoms with van der Waals surface area (Å²) in [5, 5.41) is 6.92. The van der Waals surface area contributed by atoms with Gasteiger partial charge in [-0.05, 0) is 25.1 Å². The van der Waals surface area contributed by atoms with Gasteiger partial charge in [-0.3, -0.25) is 9.89 Å². The molecule has 0 saturated carbocycles. The van der Waals surface area contributed by atoms with Crippen LogP contribution in [0.25, 0.3) is 5.69 Å². The molecule has 0 bridgehead atoms. The highest BCUT2D eigenvalue weighted by Gasteiger charge is 2.18. The number of fused-ring (bicyclic) bond motifs is 1. The van der Waals surface area contributed by atoms with Crippen molar-refractivity contribution >= 4 is 11.6 Å². The topological polar surface area (TPSA) is 49.8 Å². The van der Waals surface area contributed by atoms with Crippen molar-refractivity contribution < 1.29 is 0 Å². The van der Waals surface area contributed by atoms with Gasteiger partial charge in [0.15, 0.2) is 0 Å². The maximum atomic E-state index is 12.2. The van der Waals surface area contributed by atoms with Crippen LogP contribution < -0.4 is 10.9 Å². The number of H-pyrrole nitrogens is 1. The third kappa shape index (κ3) is 1.69. The number of aromatic amines is 1. The number of nitrogens with one attached hydrogen (secondary N) is 2. The number of benzene rings is 1. The van der Waals surface area contributed by atoms with E-state index >= 15 is 0 Å². The Morgan fingerprint density at radius 2 is 2.12 bits per heavy atom. The van der Waals surface area contributed by atoms with Gasteiger partial charge in [-0.2, -0.15) is 0 Å². The Hall–Kier alpha value is -1.52. The average molecular weight is 250 g/mol. The number of hydrogen-bond acceptors (Lipinski definition) is 2. The summed E-state index contributed by atoms with van der Waals surface area (Å²) in [5.41, 5.74) is 2.54. The molecule has 5 heteroatoms. The van der Waals surface area contributed by atoms with E-state index in [1.165, 1.54) is 4.68 Å². The second-order valence-electron chi connectivity index (χ2n) is 4.09. The Labute approximate surface area is 103 Å². The highest BCUT2D eigenvalue weighted by Crippen LogP contribution is 2.19. The van der Waals surface area contributed by atoms with Crippen molar-refractivity contribution in [3.63, 3.8) is 0 Å². The molecule has 2 heterocycles. The zero-order valence-corrected chi connectivity index (χ0v) is 9.92. The first-order valence-electron chi connectivity index (χ1n) is 5.56. The van der Waals surface area contributed by atoms with E-state index in [0.29, 0.717) is 17.3 Å². The lowest BCUT2D eigenvalue weighted by atomic mass is 10.1. The largest absolute Gasteiger partial charge is 0.311 e. The third-order valence-electron chi connectivity index (χ3n) is 3.02. The third-order valence-corrected chi connectivity index (χ3v) is 3.34. The van der Waals surface area contributed by atoms with Crippen molar-refractivity contribution in [1.82, 2.24) is 15.1 Å². The summed E-state index contributed by atoms with van der Waals surface area (Å²) in [5.74, 6) is 0. The molecule has 0 saturated heterocycles. The molecule has 0 aliphatic carbocycles. The molecule has 0 radical (unpaired) electrons. The van der Waals surface area contributed by atoms with Crippen LogP contribution in [0.4, 0.5) is 0 Å². The molecule has 1 aromatic heterocycles. The molecule has 0 fully saturated rings. The Morgan fingerprint density at radius 1 is 1.29 bits per heavy atom. The van der Waals surface area contributed by atoms with Crippen LogP contribution in [0.5, 0.6) is 0 Å². The van der Waals surface area contributed by atoms with Crippen LogP contribution in [0.1, 0.15) is 11.3 Å². The smallest absolute Gasteiger partial charge is 0.274 e. The van der Waals surface area contributed by atoms with Gasteiger partial charge in [0.25, 0.3) is 5.56 Å². The van der Waals surface area contributed by atoms with Crippen molar-refractivity contribution in [1.29, 1.82) is 0 Å². The monoisotopic (exact) mass is 249 g/mol. The van der Waals surface area contributed by atoms with E-state index < -0.39 is 0 Å². The van der Waals surface area contributed by atoms with Crippen molar-refractivity contribution in [3.8, 4) is 5.69 Å². The lowest BCUT2D eigenvalue weighted by molar-refractivity contribution is 0.629. The average Bonchev–Trinajstić information content (AvgIpc) is 2.68. The summed E-state index contributed by atoms with van der Waals surface area (Å²) in [6.07, 6.45) is 0.766. The quantitative estimate of drug-likeness (QED) is 0.804. The van der Waals surface area contributed by atoms with Gasteiger partial charge >= 0.3 is 0 Å². The van der Waals surface area contributed by atoms with Crippen LogP contribution in [-0.4, -0.2) is 16.3 Å². The van der Waals surface area contributed by atoms with Crippen LogP contribution in [0.2, 0.25) is 5.02 Å². The van der Waals surface area contributed by atoms with Crippen molar-refractivity contribution in [3.05, 3.63) is 50.9 Å². The molecule has 0 atom stereocenters. The minimum Gasteiger partial charge on any atom is -0.311 e. The lowest BCUT2D eigenvalue weighted by Crippen LogP contribution is -2.26. The van der Waals surface area contributed by atoms with Crippen LogP contribution in [-0.2, 0) is 13.0 Å². The first-order valence-corrected chi connectivity index (χ1v) is 5.93. The first kappa shape index (κ1) is 10.6. The fourth-order valence-electron chi connectivity index (χ4n) is 2.15. The second kappa shape index (κ2) is 4.05. The molecule has 2 aromatic rings. The highest BCUT2D eigenvalue weighted by atomic mass is 35.5. The van der Waals surface area contributed by atoms with Crippen LogP contribution >= 0.6 is 11.6 Å². The summed E-state index contributed by atoms with van der Waals surface area (Å²) >= 11 is 6.10. The van der Waals surface area contributed by atoms with Gasteiger partial charge in [0.05, 0.1) is 16.4 Å². The standard InChI is InChI=1S/C12H12ClN3O/c13-9-3-1-2-4-11(9)16-12(17)8-5-6-14-7-10(8)15-16/h1-4,14-15H,5-7H2. The molecule has 1 aliphatic rings. The molecule has 2 N–H and O–H groups in total. The molecule has 0 spiro atoms. The summed E-state index contributed by atoms with van der Waals surface area (Å²) in [6.45, 7) is 1.56. The predicted molar refractivity (Wildman–Crippen MR) is 66.8 cm³/mol. The molecular weight excluding hydrogens is 238 g/mol. The summed E-state index contributed by atoms with van der Waals surface area (Å²) in [6, 6.07) is 7.33. The van der Waals surface area contributed by atoms with E-state index in [1.807, 2.05) is 18.2 Å². The zero-order chi connectivity index (χ0) is 11.8. The van der Waals surface area contributed by atoms with Crippen molar-refractivity contribution in [2.75, 3.05) is 6.54 Å². The zero-order valence-electron chi connectivity index (χ0n) is 9.16. The van der Waals surface area contributed by atoms with Gasteiger partial charge in [0.1, 0.15) is 0 Å². The molecule has 0 unspecified atom stereocenters. The fraction of sp³-hybridized carbons (Fsp3) is 0.250. The second-order valence-corrected chi connectivity index (χ2v) is 4.49. The van der Waals surface area contributed by atoms with Gasteiger partial charge in [0, 0.05) is 12.1 Å². The number of aromatic nitrogens is 2. The maximum absolute atomic E-state index is 12.2. The fourth-order valence-corrected chi connectivity index (χ4v) is 2.37. The van der Waals surface area contributed by atoms with E-state index in [1.54, 1.807) is 6.07 Å². The predicted octanol–water partition coefficient (Wildman–Crippen LogP) is 1.46. The van der Waals surface area contributed by atoms with Crippen molar-refractivity contribution in [2.24, 2.45) is 0 Å². The van der Waals surface area contributed by atoms with Crippen LogP contribution in [0.15, 0.2) is 29.1 Å². The Morgan fingerprint density at radius 3 is 2.88 bits per heavy atom. The maximum Gasteiger partial charge on any atom is 0.274 e. The van der Waals surface area contributed by atoms with E-state index in [0.717, 1.165) is 24.2 Å². The van der Waals surface area contributed by atoms with Crippen molar-refractivity contribution in [2.45, 2.75) is 13.0 Å².